The van der Waals surface area contributed by atoms with Crippen molar-refractivity contribution in [2.24, 2.45) is 11.8 Å². The number of para-hydroxylation sites is 1. The molecule has 1 aliphatic carbocycles. The van der Waals surface area contributed by atoms with Gasteiger partial charge in [0, 0.05) is 38.4 Å². The fraction of sp³-hybridized carbons (Fsp3) is 0.406. The van der Waals surface area contributed by atoms with Crippen LogP contribution in [0.5, 0.6) is 11.5 Å². The zero-order chi connectivity index (χ0) is 28.6. The van der Waals surface area contributed by atoms with Crippen molar-refractivity contribution in [1.29, 1.82) is 0 Å². The minimum Gasteiger partial charge on any atom is -0.465 e. The lowest BCUT2D eigenvalue weighted by Crippen LogP contribution is -2.33. The molecule has 5 atom stereocenters. The van der Waals surface area contributed by atoms with Gasteiger partial charge in [0.05, 0.1) is 47.9 Å². The van der Waals surface area contributed by atoms with Gasteiger partial charge in [-0.2, -0.15) is 0 Å². The number of nitrogens with zero attached hydrogens (tertiary/aromatic N) is 4. The summed E-state index contributed by atoms with van der Waals surface area (Å²) in [6.45, 7) is 6.16. The number of methoxy groups -OCH3 is 1. The number of carbonyl (C=O) groups excluding carboxylic acids is 1. The fourth-order valence-electron chi connectivity index (χ4n) is 6.94. The van der Waals surface area contributed by atoms with Gasteiger partial charge in [-0.15, -0.1) is 0 Å². The predicted octanol–water partition coefficient (Wildman–Crippen LogP) is 5.15. The second-order valence-electron chi connectivity index (χ2n) is 11.8. The van der Waals surface area contributed by atoms with E-state index >= 15 is 0 Å². The van der Waals surface area contributed by atoms with Crippen LogP contribution in [0.25, 0.3) is 11.0 Å². The van der Waals surface area contributed by atoms with E-state index in [1.807, 2.05) is 31.2 Å². The number of fused-ring (bicyclic) bond motifs is 3. The average molecular weight is 587 g/mol. The van der Waals surface area contributed by atoms with E-state index in [-0.39, 0.29) is 12.1 Å². The molecule has 216 valence electrons. The van der Waals surface area contributed by atoms with Crippen LogP contribution < -0.4 is 9.47 Å². The summed E-state index contributed by atoms with van der Waals surface area (Å²) in [5.41, 5.74) is 4.26. The number of aromatic nitrogens is 3. The van der Waals surface area contributed by atoms with Crippen molar-refractivity contribution < 1.29 is 23.7 Å². The molecule has 2 aromatic heterocycles. The zero-order valence-electron chi connectivity index (χ0n) is 23.5. The number of carbonyl (C=O) groups is 1. The fourth-order valence-corrected chi connectivity index (χ4v) is 7.05. The van der Waals surface area contributed by atoms with E-state index in [1.54, 1.807) is 18.3 Å². The van der Waals surface area contributed by atoms with E-state index in [1.165, 1.54) is 12.7 Å². The Morgan fingerprint density at radius 3 is 2.69 bits per heavy atom. The number of hydrogen-bond donors (Lipinski definition) is 0. The van der Waals surface area contributed by atoms with E-state index in [0.29, 0.717) is 34.0 Å². The van der Waals surface area contributed by atoms with Crippen LogP contribution in [0, 0.1) is 11.8 Å². The molecule has 9 nitrogen and oxygen atoms in total. The van der Waals surface area contributed by atoms with E-state index in [9.17, 15) is 4.79 Å². The summed E-state index contributed by atoms with van der Waals surface area (Å²) in [5.74, 6) is 2.80. The van der Waals surface area contributed by atoms with Gasteiger partial charge in [-0.25, -0.2) is 9.78 Å². The molecule has 42 heavy (non-hydrogen) atoms. The lowest BCUT2D eigenvalue weighted by molar-refractivity contribution is -0.0721. The van der Waals surface area contributed by atoms with Crippen LogP contribution in [0.15, 0.2) is 54.7 Å². The van der Waals surface area contributed by atoms with E-state index in [2.05, 4.69) is 26.6 Å². The van der Waals surface area contributed by atoms with Crippen LogP contribution in [0.1, 0.15) is 46.7 Å². The predicted molar refractivity (Wildman–Crippen MR) is 155 cm³/mol. The number of pyridine rings is 1. The van der Waals surface area contributed by atoms with E-state index in [0.717, 1.165) is 67.6 Å². The molecule has 4 aromatic rings. The summed E-state index contributed by atoms with van der Waals surface area (Å²) in [7, 11) is 1.40. The molecule has 8 rings (SSSR count). The van der Waals surface area contributed by atoms with Gasteiger partial charge in [0.2, 0.25) is 0 Å². The standard InChI is InChI=1S/C32H31ClN4O5/c1-32(27-9-7-19(33)13-34-27)41-26-5-3-4-21(30(26)42-32)29-22-15-36(16-23(22)29)17-28-35-24-8-6-18(31(38)39-2)12-25(24)37(28)14-20-10-11-40-20/h3-9,12-13,20,22-23,29H,10-11,14-17H2,1-2H3/t20?,22-,23+,29?,32?. The Labute approximate surface area is 248 Å². The minimum absolute atomic E-state index is 0.176. The monoisotopic (exact) mass is 586 g/mol. The highest BCUT2D eigenvalue weighted by Crippen LogP contribution is 2.62. The molecular weight excluding hydrogens is 556 g/mol. The third kappa shape index (κ3) is 4.25. The van der Waals surface area contributed by atoms with E-state index in [4.69, 9.17) is 35.5 Å². The molecule has 0 bridgehead atoms. The second-order valence-corrected chi connectivity index (χ2v) is 12.3. The maximum Gasteiger partial charge on any atom is 0.337 e. The van der Waals surface area contributed by atoms with Gasteiger partial charge in [0.25, 0.3) is 5.79 Å². The van der Waals surface area contributed by atoms with Gasteiger partial charge in [-0.1, -0.05) is 23.7 Å². The van der Waals surface area contributed by atoms with Gasteiger partial charge in [-0.3, -0.25) is 9.88 Å². The molecule has 5 heterocycles. The van der Waals surface area contributed by atoms with Gasteiger partial charge in [0.1, 0.15) is 11.5 Å². The summed E-state index contributed by atoms with van der Waals surface area (Å²) in [6, 6.07) is 15.4. The first-order chi connectivity index (χ1) is 20.4. The van der Waals surface area contributed by atoms with Crippen molar-refractivity contribution in [2.45, 2.75) is 44.2 Å². The Morgan fingerprint density at radius 1 is 1.14 bits per heavy atom. The van der Waals surface area contributed by atoms with Gasteiger partial charge in [-0.05, 0) is 60.6 Å². The topological polar surface area (TPSA) is 87.9 Å². The van der Waals surface area contributed by atoms with Crippen molar-refractivity contribution in [1.82, 2.24) is 19.4 Å². The number of imidazole rings is 1. The Kier molecular flexibility index (Phi) is 6.00. The van der Waals surface area contributed by atoms with E-state index < -0.39 is 5.79 Å². The van der Waals surface area contributed by atoms with Gasteiger partial charge in [0.15, 0.2) is 11.5 Å². The highest BCUT2D eigenvalue weighted by Gasteiger charge is 2.58. The average Bonchev–Trinajstić information content (AvgIpc) is 3.25. The van der Waals surface area contributed by atoms with Crippen LogP contribution in [-0.4, -0.2) is 58.3 Å². The van der Waals surface area contributed by atoms with Gasteiger partial charge < -0.3 is 23.5 Å². The Hall–Kier alpha value is -3.66. The molecule has 3 aliphatic heterocycles. The summed E-state index contributed by atoms with van der Waals surface area (Å²) in [6.07, 6.45) is 2.82. The van der Waals surface area contributed by atoms with Crippen molar-refractivity contribution in [3.05, 3.63) is 82.4 Å². The highest BCUT2D eigenvalue weighted by molar-refractivity contribution is 6.30. The van der Waals surface area contributed by atoms with Crippen molar-refractivity contribution in [2.75, 3.05) is 26.8 Å². The lowest BCUT2D eigenvalue weighted by Gasteiger charge is -2.28. The molecule has 3 fully saturated rings. The van der Waals surface area contributed by atoms with Crippen molar-refractivity contribution in [3.8, 4) is 11.5 Å². The smallest absolute Gasteiger partial charge is 0.337 e. The third-order valence-electron chi connectivity index (χ3n) is 9.23. The number of likely N-dealkylation sites (tertiary alicyclic amines) is 1. The van der Waals surface area contributed by atoms with Gasteiger partial charge >= 0.3 is 5.97 Å². The quantitative estimate of drug-likeness (QED) is 0.275. The molecular formula is C32H31ClN4O5. The largest absolute Gasteiger partial charge is 0.465 e. The molecule has 2 aromatic carbocycles. The first kappa shape index (κ1) is 26.0. The molecule has 0 amide bonds. The molecule has 2 saturated heterocycles. The molecule has 1 saturated carbocycles. The molecule has 0 N–H and O–H groups in total. The SMILES string of the molecule is COC(=O)c1ccc2nc(CN3C[C@@H]4C(c5cccc6c5OC(C)(c5ccc(Cl)cn5)O6)[C@@H]4C3)n(CC3CCO3)c2c1. The molecule has 3 unspecified atom stereocenters. The maximum atomic E-state index is 12.2. The second kappa shape index (κ2) is 9.69. The number of halogens is 1. The lowest BCUT2D eigenvalue weighted by atomic mass is 10.0. The maximum absolute atomic E-state index is 12.2. The van der Waals surface area contributed by atoms with Crippen molar-refractivity contribution >= 4 is 28.6 Å². The first-order valence-corrected chi connectivity index (χ1v) is 14.8. The first-order valence-electron chi connectivity index (χ1n) is 14.4. The Balaban J connectivity index is 1.000. The Morgan fingerprint density at radius 2 is 1.98 bits per heavy atom. The van der Waals surface area contributed by atoms with Crippen LogP contribution >= 0.6 is 11.6 Å². The summed E-state index contributed by atoms with van der Waals surface area (Å²) in [5, 5.41) is 0.576. The number of rotatable bonds is 7. The number of ether oxygens (including phenoxy) is 4. The molecule has 4 aliphatic rings. The summed E-state index contributed by atoms with van der Waals surface area (Å²) in [4.78, 5) is 24.2. The number of esters is 1. The van der Waals surface area contributed by atoms with Crippen LogP contribution in [0.2, 0.25) is 5.02 Å². The Bertz CT molecular complexity index is 1690. The number of piperidine rings is 1. The summed E-state index contributed by atoms with van der Waals surface area (Å²) >= 11 is 6.05. The highest BCUT2D eigenvalue weighted by atomic mass is 35.5. The number of benzene rings is 2. The third-order valence-corrected chi connectivity index (χ3v) is 9.45. The minimum atomic E-state index is -0.990. The van der Waals surface area contributed by atoms with Crippen LogP contribution in [0.4, 0.5) is 0 Å². The zero-order valence-corrected chi connectivity index (χ0v) is 24.2. The van der Waals surface area contributed by atoms with Crippen LogP contribution in [0.3, 0.4) is 0 Å². The summed E-state index contributed by atoms with van der Waals surface area (Å²) < 4.78 is 25.7. The van der Waals surface area contributed by atoms with Crippen LogP contribution in [-0.2, 0) is 28.4 Å². The molecule has 10 heteroatoms. The van der Waals surface area contributed by atoms with Crippen molar-refractivity contribution in [3.63, 3.8) is 0 Å². The normalized spacial score (nSPS) is 27.6. The molecule has 0 spiro atoms. The number of hydrogen-bond acceptors (Lipinski definition) is 8. The molecule has 0 radical (unpaired) electrons.